The van der Waals surface area contributed by atoms with Crippen LogP contribution in [0.2, 0.25) is 0 Å². The summed E-state index contributed by atoms with van der Waals surface area (Å²) in [7, 11) is 4.31. The third kappa shape index (κ3) is 4.59. The smallest absolute Gasteiger partial charge is 0.151 e. The fourth-order valence-electron chi connectivity index (χ4n) is 5.17. The highest BCUT2D eigenvalue weighted by atomic mass is 16.5. The number of pyridine rings is 1. The molecular weight excluding hydrogens is 428 g/mol. The van der Waals surface area contributed by atoms with Crippen LogP contribution in [0.3, 0.4) is 0 Å². The number of aromatic nitrogens is 5. The molecule has 9 nitrogen and oxygen atoms in total. The van der Waals surface area contributed by atoms with Crippen LogP contribution in [0.1, 0.15) is 38.3 Å². The molecule has 0 saturated carbocycles. The Morgan fingerprint density at radius 2 is 1.85 bits per heavy atom. The number of aryl methyl sites for hydroxylation is 1. The minimum absolute atomic E-state index is 0.394. The van der Waals surface area contributed by atoms with Crippen molar-refractivity contribution < 1.29 is 4.74 Å². The molecule has 2 N–H and O–H groups in total. The number of hydrogen-bond donors (Lipinski definition) is 1. The highest BCUT2D eigenvalue weighted by molar-refractivity contribution is 5.96. The second-order valence-corrected chi connectivity index (χ2v) is 9.75. The maximum absolute atomic E-state index is 6.27. The molecule has 34 heavy (non-hydrogen) atoms. The third-order valence-electron chi connectivity index (χ3n) is 7.41. The molecule has 0 atom stereocenters. The second-order valence-electron chi connectivity index (χ2n) is 9.75. The average Bonchev–Trinajstić information content (AvgIpc) is 3.33. The summed E-state index contributed by atoms with van der Waals surface area (Å²) in [6, 6.07) is 0.394. The van der Waals surface area contributed by atoms with Gasteiger partial charge in [0.2, 0.25) is 0 Å². The van der Waals surface area contributed by atoms with Gasteiger partial charge in [-0.25, -0.2) is 15.0 Å². The van der Waals surface area contributed by atoms with Crippen molar-refractivity contribution in [3.63, 3.8) is 0 Å². The van der Waals surface area contributed by atoms with E-state index >= 15 is 0 Å². The molecule has 0 aromatic carbocycles. The van der Waals surface area contributed by atoms with Crippen LogP contribution in [0, 0.1) is 5.92 Å². The Hall–Kier alpha value is -2.78. The number of anilines is 2. The number of nitrogens with zero attached hydrogens (tertiary/aromatic N) is 7. The summed E-state index contributed by atoms with van der Waals surface area (Å²) < 4.78 is 7.63. The van der Waals surface area contributed by atoms with Crippen LogP contribution in [0.4, 0.5) is 11.6 Å². The van der Waals surface area contributed by atoms with E-state index < -0.39 is 0 Å². The monoisotopic (exact) mass is 464 g/mol. The highest BCUT2D eigenvalue weighted by Crippen LogP contribution is 2.32. The van der Waals surface area contributed by atoms with Gasteiger partial charge in [0.15, 0.2) is 11.6 Å². The van der Waals surface area contributed by atoms with Gasteiger partial charge in [-0.05, 0) is 58.2 Å². The molecule has 0 amide bonds. The molecule has 2 aliphatic heterocycles. The summed E-state index contributed by atoms with van der Waals surface area (Å²) in [5.41, 5.74) is 10.6. The molecule has 0 bridgehead atoms. The molecule has 182 valence electrons. The molecule has 5 rings (SSSR count). The molecule has 3 aromatic heterocycles. The zero-order valence-electron chi connectivity index (χ0n) is 20.6. The van der Waals surface area contributed by atoms with Gasteiger partial charge in [-0.3, -0.25) is 4.68 Å². The van der Waals surface area contributed by atoms with E-state index in [9.17, 15) is 0 Å². The molecule has 2 saturated heterocycles. The third-order valence-corrected chi connectivity index (χ3v) is 7.41. The zero-order valence-corrected chi connectivity index (χ0v) is 20.6. The van der Waals surface area contributed by atoms with E-state index in [-0.39, 0.29) is 0 Å². The van der Waals surface area contributed by atoms with Gasteiger partial charge in [0.1, 0.15) is 11.0 Å². The number of ether oxygens (including phenoxy) is 1. The van der Waals surface area contributed by atoms with Gasteiger partial charge in [0.25, 0.3) is 0 Å². The molecule has 0 spiro atoms. The van der Waals surface area contributed by atoms with Crippen molar-refractivity contribution in [2.75, 3.05) is 51.0 Å². The van der Waals surface area contributed by atoms with E-state index in [2.05, 4.69) is 51.8 Å². The Balaban J connectivity index is 1.49. The SMILES string of the molecule is CCc1nc2c(N)ncc(-c3cnn(CC4CCN(C)CC4)c3)c2nc1N(C)C1CCOCC1. The number of nitrogen functional groups attached to an aromatic ring is 1. The minimum atomic E-state index is 0.394. The van der Waals surface area contributed by atoms with Crippen molar-refractivity contribution in [3.05, 3.63) is 24.3 Å². The molecular formula is C25H36N8O. The van der Waals surface area contributed by atoms with E-state index in [1.54, 1.807) is 0 Å². The molecule has 9 heteroatoms. The van der Waals surface area contributed by atoms with Crippen LogP contribution in [0.15, 0.2) is 18.6 Å². The molecule has 0 unspecified atom stereocenters. The predicted octanol–water partition coefficient (Wildman–Crippen LogP) is 2.99. The lowest BCUT2D eigenvalue weighted by Gasteiger charge is -2.33. The van der Waals surface area contributed by atoms with Gasteiger partial charge in [-0.2, -0.15) is 5.10 Å². The first-order valence-electron chi connectivity index (χ1n) is 12.5. The summed E-state index contributed by atoms with van der Waals surface area (Å²) in [6.07, 6.45) is 11.0. The van der Waals surface area contributed by atoms with E-state index in [4.69, 9.17) is 20.4 Å². The molecule has 2 aliphatic rings. The lowest BCUT2D eigenvalue weighted by atomic mass is 9.97. The number of rotatable bonds is 6. The van der Waals surface area contributed by atoms with Crippen LogP contribution >= 0.6 is 0 Å². The lowest BCUT2D eigenvalue weighted by Crippen LogP contribution is -2.37. The van der Waals surface area contributed by atoms with Crippen molar-refractivity contribution in [2.45, 2.75) is 51.6 Å². The molecule has 0 radical (unpaired) electrons. The van der Waals surface area contributed by atoms with Gasteiger partial charge in [-0.15, -0.1) is 0 Å². The molecule has 0 aliphatic carbocycles. The Morgan fingerprint density at radius 1 is 1.09 bits per heavy atom. The topological polar surface area (TPSA) is 98.2 Å². The van der Waals surface area contributed by atoms with Crippen molar-refractivity contribution in [1.82, 2.24) is 29.6 Å². The summed E-state index contributed by atoms with van der Waals surface area (Å²) in [6.45, 7) is 6.94. The van der Waals surface area contributed by atoms with Gasteiger partial charge in [0.05, 0.1) is 11.9 Å². The fourth-order valence-corrected chi connectivity index (χ4v) is 5.17. The van der Waals surface area contributed by atoms with E-state index in [1.165, 1.54) is 12.8 Å². The number of likely N-dealkylation sites (tertiary alicyclic amines) is 1. The van der Waals surface area contributed by atoms with Crippen LogP contribution in [-0.2, 0) is 17.7 Å². The Bertz CT molecular complexity index is 1130. The second kappa shape index (κ2) is 9.84. The maximum Gasteiger partial charge on any atom is 0.151 e. The largest absolute Gasteiger partial charge is 0.382 e. The van der Waals surface area contributed by atoms with E-state index in [1.807, 2.05) is 12.4 Å². The van der Waals surface area contributed by atoms with Crippen LogP contribution in [0.5, 0.6) is 0 Å². The number of piperidine rings is 1. The maximum atomic E-state index is 6.27. The van der Waals surface area contributed by atoms with Crippen molar-refractivity contribution in [2.24, 2.45) is 5.92 Å². The zero-order chi connectivity index (χ0) is 23.7. The number of fused-ring (bicyclic) bond motifs is 1. The van der Waals surface area contributed by atoms with Gasteiger partial charge in [0, 0.05) is 56.4 Å². The van der Waals surface area contributed by atoms with Crippen molar-refractivity contribution in [1.29, 1.82) is 0 Å². The van der Waals surface area contributed by atoms with Gasteiger partial charge >= 0.3 is 0 Å². The Morgan fingerprint density at radius 3 is 2.59 bits per heavy atom. The van der Waals surface area contributed by atoms with E-state index in [0.717, 1.165) is 80.3 Å². The summed E-state index contributed by atoms with van der Waals surface area (Å²) >= 11 is 0. The quantitative estimate of drug-likeness (QED) is 0.595. The van der Waals surface area contributed by atoms with Crippen LogP contribution in [-0.4, -0.2) is 76.1 Å². The Labute approximate surface area is 201 Å². The van der Waals surface area contributed by atoms with Crippen LogP contribution < -0.4 is 10.6 Å². The van der Waals surface area contributed by atoms with Crippen LogP contribution in [0.25, 0.3) is 22.2 Å². The first-order valence-corrected chi connectivity index (χ1v) is 12.5. The lowest BCUT2D eigenvalue weighted by molar-refractivity contribution is 0.0853. The van der Waals surface area contributed by atoms with Crippen molar-refractivity contribution in [3.8, 4) is 11.1 Å². The first-order chi connectivity index (χ1) is 16.5. The summed E-state index contributed by atoms with van der Waals surface area (Å²) in [4.78, 5) is 19.2. The van der Waals surface area contributed by atoms with Gasteiger partial charge < -0.3 is 20.3 Å². The molecule has 3 aromatic rings. The summed E-state index contributed by atoms with van der Waals surface area (Å²) in [5, 5.41) is 4.67. The normalized spacial score (nSPS) is 18.6. The van der Waals surface area contributed by atoms with E-state index in [0.29, 0.717) is 23.3 Å². The predicted molar refractivity (Wildman–Crippen MR) is 135 cm³/mol. The molecule has 5 heterocycles. The number of nitrogens with two attached hydrogens (primary N) is 1. The Kier molecular flexibility index (Phi) is 6.65. The highest BCUT2D eigenvalue weighted by Gasteiger charge is 2.24. The fraction of sp³-hybridized carbons (Fsp3) is 0.600. The van der Waals surface area contributed by atoms with Gasteiger partial charge in [-0.1, -0.05) is 6.92 Å². The standard InChI is InChI=1S/C25H36N8O/c1-4-21-25(32(3)19-7-11-34-12-8-19)30-22-20(14-27-24(26)23(22)29-21)18-13-28-33(16-18)15-17-5-9-31(2)10-6-17/h13-14,16-17,19H,4-12,15H2,1-3H3,(H2,26,27). The van der Waals surface area contributed by atoms with Crippen molar-refractivity contribution >= 4 is 22.7 Å². The average molecular weight is 465 g/mol. The number of hydrogen-bond acceptors (Lipinski definition) is 8. The first kappa shape index (κ1) is 23.0. The summed E-state index contributed by atoms with van der Waals surface area (Å²) in [5.74, 6) is 2.00. The molecule has 2 fully saturated rings. The minimum Gasteiger partial charge on any atom is -0.382 e.